The molecule has 0 spiro atoms. The summed E-state index contributed by atoms with van der Waals surface area (Å²) in [5, 5.41) is 4.38. The van der Waals surface area contributed by atoms with Crippen molar-refractivity contribution in [2.24, 2.45) is 0 Å². The molecule has 5 nitrogen and oxygen atoms in total. The summed E-state index contributed by atoms with van der Waals surface area (Å²) < 4.78 is 4.94. The summed E-state index contributed by atoms with van der Waals surface area (Å²) in [4.78, 5) is 8.19. The third-order valence-corrected chi connectivity index (χ3v) is 2.35. The molecule has 0 aromatic carbocycles. The summed E-state index contributed by atoms with van der Waals surface area (Å²) in [5.41, 5.74) is 8.04. The van der Waals surface area contributed by atoms with Crippen molar-refractivity contribution in [3.8, 4) is 11.1 Å². The van der Waals surface area contributed by atoms with Crippen LogP contribution in [0.2, 0.25) is 0 Å². The number of hydrogen-bond acceptors (Lipinski definition) is 5. The van der Waals surface area contributed by atoms with E-state index in [-0.39, 0.29) is 0 Å². The summed E-state index contributed by atoms with van der Waals surface area (Å²) in [6.45, 7) is 0. The van der Waals surface area contributed by atoms with E-state index in [0.717, 1.165) is 16.5 Å². The van der Waals surface area contributed by atoms with Crippen molar-refractivity contribution in [1.82, 2.24) is 15.1 Å². The van der Waals surface area contributed by atoms with Crippen molar-refractivity contribution in [3.63, 3.8) is 0 Å². The van der Waals surface area contributed by atoms with Crippen molar-refractivity contribution >= 4 is 16.9 Å². The third kappa shape index (κ3) is 1.30. The van der Waals surface area contributed by atoms with Gasteiger partial charge in [0.1, 0.15) is 0 Å². The Bertz CT molecular complexity index is 633. The largest absolute Gasteiger partial charge is 0.380 e. The Morgan fingerprint density at radius 2 is 2.12 bits per heavy atom. The molecule has 16 heavy (non-hydrogen) atoms. The van der Waals surface area contributed by atoms with E-state index in [1.807, 2.05) is 18.2 Å². The molecule has 0 amide bonds. The monoisotopic (exact) mass is 212 g/mol. The molecule has 0 bridgehead atoms. The number of anilines is 1. The first-order valence-corrected chi connectivity index (χ1v) is 4.76. The first kappa shape index (κ1) is 8.84. The normalized spacial score (nSPS) is 10.8. The van der Waals surface area contributed by atoms with Gasteiger partial charge in [0.05, 0.1) is 5.39 Å². The number of aromatic nitrogens is 3. The van der Waals surface area contributed by atoms with Gasteiger partial charge in [0.15, 0.2) is 5.82 Å². The Labute approximate surface area is 90.9 Å². The maximum Gasteiger partial charge on any atom is 0.259 e. The van der Waals surface area contributed by atoms with Crippen molar-refractivity contribution in [2.75, 3.05) is 5.73 Å². The summed E-state index contributed by atoms with van der Waals surface area (Å²) >= 11 is 0. The lowest BCUT2D eigenvalue weighted by atomic mass is 10.1. The van der Waals surface area contributed by atoms with Crippen LogP contribution in [0.15, 0.2) is 41.3 Å². The van der Waals surface area contributed by atoms with Crippen molar-refractivity contribution in [3.05, 3.63) is 36.8 Å². The van der Waals surface area contributed by atoms with Gasteiger partial charge in [-0.05, 0) is 12.1 Å². The molecular formula is C11H8N4O. The van der Waals surface area contributed by atoms with Crippen LogP contribution in [0, 0.1) is 0 Å². The van der Waals surface area contributed by atoms with E-state index in [9.17, 15) is 0 Å². The molecule has 2 N–H and O–H groups in total. The van der Waals surface area contributed by atoms with Crippen LogP contribution >= 0.6 is 0 Å². The van der Waals surface area contributed by atoms with E-state index < -0.39 is 0 Å². The summed E-state index contributed by atoms with van der Waals surface area (Å²) in [7, 11) is 0. The van der Waals surface area contributed by atoms with E-state index in [4.69, 9.17) is 10.3 Å². The lowest BCUT2D eigenvalue weighted by Crippen LogP contribution is -1.85. The fourth-order valence-corrected chi connectivity index (χ4v) is 1.54. The number of hydrogen-bond donors (Lipinski definition) is 1. The molecule has 0 saturated heterocycles. The van der Waals surface area contributed by atoms with Crippen LogP contribution in [0.5, 0.6) is 0 Å². The van der Waals surface area contributed by atoms with Crippen LogP contribution in [-0.4, -0.2) is 15.1 Å². The standard InChI is InChI=1S/C11H8N4O/c12-10-9-4-8(6-14-11(9)16-15-10)7-2-1-3-13-5-7/h1-6H,(H2,12,15). The molecule has 0 radical (unpaired) electrons. The number of nitrogens with zero attached hydrogens (tertiary/aromatic N) is 3. The highest BCUT2D eigenvalue weighted by atomic mass is 16.5. The SMILES string of the molecule is Nc1noc2ncc(-c3cccnc3)cc12. The van der Waals surface area contributed by atoms with Crippen LogP contribution < -0.4 is 5.73 Å². The third-order valence-electron chi connectivity index (χ3n) is 2.35. The predicted molar refractivity (Wildman–Crippen MR) is 59.4 cm³/mol. The Morgan fingerprint density at radius 1 is 1.19 bits per heavy atom. The van der Waals surface area contributed by atoms with Gasteiger partial charge >= 0.3 is 0 Å². The number of nitrogens with two attached hydrogens (primary N) is 1. The van der Waals surface area contributed by atoms with Gasteiger partial charge in [0.2, 0.25) is 0 Å². The van der Waals surface area contributed by atoms with E-state index >= 15 is 0 Å². The van der Waals surface area contributed by atoms with Gasteiger partial charge < -0.3 is 10.3 Å². The predicted octanol–water partition coefficient (Wildman–Crippen LogP) is 1.87. The average Bonchev–Trinajstić information content (AvgIpc) is 2.72. The maximum absolute atomic E-state index is 5.66. The molecule has 3 aromatic heterocycles. The van der Waals surface area contributed by atoms with Crippen LogP contribution in [-0.2, 0) is 0 Å². The molecule has 0 fully saturated rings. The van der Waals surface area contributed by atoms with E-state index in [1.54, 1.807) is 18.6 Å². The highest BCUT2D eigenvalue weighted by molar-refractivity contribution is 5.87. The first-order valence-electron chi connectivity index (χ1n) is 4.76. The minimum absolute atomic E-state index is 0.355. The summed E-state index contributed by atoms with van der Waals surface area (Å²) in [6.07, 6.45) is 5.21. The van der Waals surface area contributed by atoms with Gasteiger partial charge in [-0.15, -0.1) is 0 Å². The second-order valence-corrected chi connectivity index (χ2v) is 3.39. The molecular weight excluding hydrogens is 204 g/mol. The molecule has 0 aliphatic rings. The zero-order valence-electron chi connectivity index (χ0n) is 8.29. The Kier molecular flexibility index (Phi) is 1.83. The molecule has 0 atom stereocenters. The van der Waals surface area contributed by atoms with E-state index in [0.29, 0.717) is 11.5 Å². The quantitative estimate of drug-likeness (QED) is 0.666. The fourth-order valence-electron chi connectivity index (χ4n) is 1.54. The van der Waals surface area contributed by atoms with Crippen molar-refractivity contribution < 1.29 is 4.52 Å². The second-order valence-electron chi connectivity index (χ2n) is 3.39. The average molecular weight is 212 g/mol. The minimum atomic E-state index is 0.355. The van der Waals surface area contributed by atoms with Crippen molar-refractivity contribution in [1.29, 1.82) is 0 Å². The van der Waals surface area contributed by atoms with Gasteiger partial charge in [-0.2, -0.15) is 0 Å². The second kappa shape index (κ2) is 3.30. The molecule has 0 unspecified atom stereocenters. The zero-order valence-corrected chi connectivity index (χ0v) is 8.29. The van der Waals surface area contributed by atoms with Crippen LogP contribution in [0.1, 0.15) is 0 Å². The molecule has 3 heterocycles. The molecule has 78 valence electrons. The van der Waals surface area contributed by atoms with Gasteiger partial charge in [-0.25, -0.2) is 4.98 Å². The van der Waals surface area contributed by atoms with E-state index in [2.05, 4.69) is 15.1 Å². The molecule has 0 aliphatic carbocycles. The number of pyridine rings is 2. The van der Waals surface area contributed by atoms with Crippen LogP contribution in [0.25, 0.3) is 22.2 Å². The van der Waals surface area contributed by atoms with Crippen LogP contribution in [0.3, 0.4) is 0 Å². The van der Waals surface area contributed by atoms with Gasteiger partial charge in [-0.3, -0.25) is 4.98 Å². The lowest BCUT2D eigenvalue weighted by Gasteiger charge is -1.98. The zero-order chi connectivity index (χ0) is 11.0. The molecule has 5 heteroatoms. The Hall–Kier alpha value is -2.43. The molecule has 3 rings (SSSR count). The summed E-state index contributed by atoms with van der Waals surface area (Å²) in [6, 6.07) is 5.72. The molecule has 0 saturated carbocycles. The molecule has 3 aromatic rings. The van der Waals surface area contributed by atoms with Crippen LogP contribution in [0.4, 0.5) is 5.82 Å². The van der Waals surface area contributed by atoms with E-state index in [1.165, 1.54) is 0 Å². The van der Waals surface area contributed by atoms with Gasteiger partial charge in [0.25, 0.3) is 5.71 Å². The number of nitrogen functional groups attached to an aromatic ring is 1. The lowest BCUT2D eigenvalue weighted by molar-refractivity contribution is 0.452. The first-order chi connectivity index (χ1) is 7.84. The highest BCUT2D eigenvalue weighted by Crippen LogP contribution is 2.24. The molecule has 0 aliphatic heterocycles. The van der Waals surface area contributed by atoms with Crippen molar-refractivity contribution in [2.45, 2.75) is 0 Å². The number of rotatable bonds is 1. The fraction of sp³-hybridized carbons (Fsp3) is 0. The minimum Gasteiger partial charge on any atom is -0.380 e. The number of fused-ring (bicyclic) bond motifs is 1. The van der Waals surface area contributed by atoms with Gasteiger partial charge in [-0.1, -0.05) is 11.2 Å². The smallest absolute Gasteiger partial charge is 0.259 e. The topological polar surface area (TPSA) is 77.8 Å². The Morgan fingerprint density at radius 3 is 2.94 bits per heavy atom. The maximum atomic E-state index is 5.66. The Balaban J connectivity index is 2.22. The van der Waals surface area contributed by atoms with Gasteiger partial charge in [0, 0.05) is 29.7 Å². The summed E-state index contributed by atoms with van der Waals surface area (Å²) in [5.74, 6) is 0.355. The highest BCUT2D eigenvalue weighted by Gasteiger charge is 2.07.